The molecule has 1 N–H and O–H groups in total. The summed E-state index contributed by atoms with van der Waals surface area (Å²) >= 11 is 7.21. The van der Waals surface area contributed by atoms with Crippen molar-refractivity contribution in [1.82, 2.24) is 10.2 Å². The van der Waals surface area contributed by atoms with E-state index in [2.05, 4.69) is 5.32 Å². The summed E-state index contributed by atoms with van der Waals surface area (Å²) in [6, 6.07) is 8.36. The Balaban J connectivity index is 0.00000225. The van der Waals surface area contributed by atoms with Crippen molar-refractivity contribution >= 4 is 47.5 Å². The van der Waals surface area contributed by atoms with Gasteiger partial charge in [0.25, 0.3) is 0 Å². The van der Waals surface area contributed by atoms with Crippen LogP contribution in [0.3, 0.4) is 0 Å². The van der Waals surface area contributed by atoms with Crippen molar-refractivity contribution in [3.8, 4) is 0 Å². The van der Waals surface area contributed by atoms with Crippen LogP contribution in [-0.4, -0.2) is 53.3 Å². The molecule has 0 saturated carbocycles. The van der Waals surface area contributed by atoms with Crippen molar-refractivity contribution in [2.75, 3.05) is 18.6 Å². The highest BCUT2D eigenvalue weighted by molar-refractivity contribution is 8.00. The molecule has 0 aromatic heterocycles. The Morgan fingerprint density at radius 1 is 1.16 bits per heavy atom. The minimum absolute atomic E-state index is 0. The number of Topliss-reactive ketones (excluding diaryl/α,β-unsaturated/α-hetero) is 1. The topological polar surface area (TPSA) is 49.4 Å². The maximum absolute atomic E-state index is 12.4. The highest BCUT2D eigenvalue weighted by Crippen LogP contribution is 2.29. The summed E-state index contributed by atoms with van der Waals surface area (Å²) in [6.45, 7) is 0. The molecule has 25 heavy (non-hydrogen) atoms. The molecule has 2 heterocycles. The van der Waals surface area contributed by atoms with E-state index in [1.165, 1.54) is 24.6 Å². The summed E-state index contributed by atoms with van der Waals surface area (Å²) in [5.74, 6) is 0.829. The zero-order valence-electron chi connectivity index (χ0n) is 14.2. The second-order valence-corrected chi connectivity index (χ2v) is 8.11. The molecule has 7 heteroatoms. The molecule has 2 bridgehead atoms. The van der Waals surface area contributed by atoms with E-state index in [-0.39, 0.29) is 24.1 Å². The second kappa shape index (κ2) is 9.26. The molecule has 138 valence electrons. The van der Waals surface area contributed by atoms with Crippen LogP contribution in [0.2, 0.25) is 5.02 Å². The molecule has 2 unspecified atom stereocenters. The van der Waals surface area contributed by atoms with Crippen LogP contribution in [0.1, 0.15) is 36.0 Å². The minimum atomic E-state index is 0. The molecule has 0 spiro atoms. The van der Waals surface area contributed by atoms with Gasteiger partial charge in [-0.25, -0.2) is 0 Å². The first-order valence-corrected chi connectivity index (χ1v) is 9.94. The Kier molecular flexibility index (Phi) is 7.62. The van der Waals surface area contributed by atoms with Crippen molar-refractivity contribution < 1.29 is 9.59 Å². The normalized spacial score (nSPS) is 24.5. The fraction of sp³-hybridized carbons (Fsp3) is 0.556. The lowest BCUT2D eigenvalue weighted by Crippen LogP contribution is -2.49. The number of piperidine rings is 1. The van der Waals surface area contributed by atoms with E-state index in [0.717, 1.165) is 12.8 Å². The number of amides is 1. The van der Waals surface area contributed by atoms with E-state index in [4.69, 9.17) is 11.6 Å². The maximum Gasteiger partial charge on any atom is 0.232 e. The van der Waals surface area contributed by atoms with Gasteiger partial charge >= 0.3 is 0 Å². The standard InChI is InChI=1S/C18H23ClN2O2S.ClH/c1-21(16-8-14-6-7-15(9-16)20-14)18(23)11-24-10-17(22)12-2-4-13(19)5-3-12;/h2-5,14-16,20H,6-11H2,1H3;1H. The first-order valence-electron chi connectivity index (χ1n) is 8.41. The molecule has 1 aromatic carbocycles. The third-order valence-corrected chi connectivity index (χ3v) is 6.18. The molecule has 3 rings (SSSR count). The summed E-state index contributed by atoms with van der Waals surface area (Å²) in [5, 5.41) is 4.21. The number of nitrogens with zero attached hydrogens (tertiary/aromatic N) is 1. The van der Waals surface area contributed by atoms with Crippen molar-refractivity contribution in [3.63, 3.8) is 0 Å². The van der Waals surface area contributed by atoms with E-state index < -0.39 is 0 Å². The van der Waals surface area contributed by atoms with Crippen LogP contribution in [0.25, 0.3) is 0 Å². The molecule has 0 radical (unpaired) electrons. The molecule has 2 aliphatic heterocycles. The summed E-state index contributed by atoms with van der Waals surface area (Å²) in [7, 11) is 1.90. The average molecular weight is 403 g/mol. The van der Waals surface area contributed by atoms with Crippen molar-refractivity contribution in [3.05, 3.63) is 34.9 Å². The molecule has 2 fully saturated rings. The van der Waals surface area contributed by atoms with Crippen LogP contribution in [0.15, 0.2) is 24.3 Å². The van der Waals surface area contributed by atoms with Crippen LogP contribution in [-0.2, 0) is 4.79 Å². The van der Waals surface area contributed by atoms with Crippen LogP contribution in [0, 0.1) is 0 Å². The zero-order valence-corrected chi connectivity index (χ0v) is 16.6. The highest BCUT2D eigenvalue weighted by atomic mass is 35.5. The Morgan fingerprint density at radius 3 is 2.36 bits per heavy atom. The van der Waals surface area contributed by atoms with E-state index in [1.807, 2.05) is 11.9 Å². The summed E-state index contributed by atoms with van der Waals surface area (Å²) < 4.78 is 0. The van der Waals surface area contributed by atoms with Gasteiger partial charge in [-0.1, -0.05) is 11.6 Å². The number of ketones is 1. The van der Waals surface area contributed by atoms with Gasteiger partial charge < -0.3 is 10.2 Å². The number of thioether (sulfide) groups is 1. The number of nitrogens with one attached hydrogen (secondary N) is 1. The number of carbonyl (C=O) groups excluding carboxylic acids is 2. The van der Waals surface area contributed by atoms with Gasteiger partial charge in [0.15, 0.2) is 5.78 Å². The third-order valence-electron chi connectivity index (χ3n) is 5.01. The lowest BCUT2D eigenvalue weighted by atomic mass is 9.98. The lowest BCUT2D eigenvalue weighted by Gasteiger charge is -2.35. The van der Waals surface area contributed by atoms with Gasteiger partial charge in [-0.2, -0.15) is 0 Å². The molecule has 1 amide bonds. The van der Waals surface area contributed by atoms with Gasteiger partial charge in [-0.15, -0.1) is 24.2 Å². The predicted octanol–water partition coefficient (Wildman–Crippen LogP) is 3.42. The fourth-order valence-electron chi connectivity index (χ4n) is 3.60. The lowest BCUT2D eigenvalue weighted by molar-refractivity contribution is -0.129. The van der Waals surface area contributed by atoms with Crippen molar-refractivity contribution in [2.45, 2.75) is 43.8 Å². The average Bonchev–Trinajstić information content (AvgIpc) is 2.92. The minimum Gasteiger partial charge on any atom is -0.342 e. The molecule has 1 aromatic rings. The van der Waals surface area contributed by atoms with Crippen LogP contribution >= 0.6 is 35.8 Å². The van der Waals surface area contributed by atoms with Gasteiger partial charge in [0.1, 0.15) is 0 Å². The van der Waals surface area contributed by atoms with Crippen LogP contribution < -0.4 is 5.32 Å². The number of hydrogen-bond acceptors (Lipinski definition) is 4. The fourth-order valence-corrected chi connectivity index (χ4v) is 4.56. The summed E-state index contributed by atoms with van der Waals surface area (Å²) in [4.78, 5) is 26.4. The van der Waals surface area contributed by atoms with Crippen LogP contribution in [0.4, 0.5) is 0 Å². The number of benzene rings is 1. The molecular formula is C18H24Cl2N2O2S. The number of halogens is 2. The van der Waals surface area contributed by atoms with E-state index >= 15 is 0 Å². The number of rotatable bonds is 6. The summed E-state index contributed by atoms with van der Waals surface area (Å²) in [5.41, 5.74) is 0.641. The SMILES string of the molecule is CN(C(=O)CSCC(=O)c1ccc(Cl)cc1)C1CC2CCC(C1)N2.Cl. The largest absolute Gasteiger partial charge is 0.342 e. The van der Waals surface area contributed by atoms with Crippen molar-refractivity contribution in [1.29, 1.82) is 0 Å². The predicted molar refractivity (Wildman–Crippen MR) is 106 cm³/mol. The van der Waals surface area contributed by atoms with Gasteiger partial charge in [0, 0.05) is 35.8 Å². The molecular weight excluding hydrogens is 379 g/mol. The monoisotopic (exact) mass is 402 g/mol. The van der Waals surface area contributed by atoms with E-state index in [9.17, 15) is 9.59 Å². The Bertz CT molecular complexity index is 600. The second-order valence-electron chi connectivity index (χ2n) is 6.69. The highest BCUT2D eigenvalue weighted by Gasteiger charge is 2.36. The number of fused-ring (bicyclic) bond motifs is 2. The first kappa shape index (κ1) is 20.6. The molecule has 0 aliphatic carbocycles. The van der Waals surface area contributed by atoms with E-state index in [1.54, 1.807) is 24.3 Å². The molecule has 2 atom stereocenters. The summed E-state index contributed by atoms with van der Waals surface area (Å²) in [6.07, 6.45) is 4.56. The number of carbonyl (C=O) groups is 2. The maximum atomic E-state index is 12.4. The van der Waals surface area contributed by atoms with E-state index in [0.29, 0.717) is 40.2 Å². The van der Waals surface area contributed by atoms with Gasteiger partial charge in [-0.05, 0) is 49.9 Å². The first-order chi connectivity index (χ1) is 11.5. The van der Waals surface area contributed by atoms with Gasteiger partial charge in [0.05, 0.1) is 11.5 Å². The van der Waals surface area contributed by atoms with Gasteiger partial charge in [0.2, 0.25) is 5.91 Å². The molecule has 4 nitrogen and oxygen atoms in total. The van der Waals surface area contributed by atoms with Crippen molar-refractivity contribution in [2.24, 2.45) is 0 Å². The quantitative estimate of drug-likeness (QED) is 0.740. The van der Waals surface area contributed by atoms with Gasteiger partial charge in [-0.3, -0.25) is 9.59 Å². The molecule has 2 aliphatic rings. The van der Waals surface area contributed by atoms with Crippen LogP contribution in [0.5, 0.6) is 0 Å². The number of hydrogen-bond donors (Lipinski definition) is 1. The zero-order chi connectivity index (χ0) is 17.1. The Morgan fingerprint density at radius 2 is 1.76 bits per heavy atom. The Labute approximate surface area is 164 Å². The molecule has 2 saturated heterocycles. The smallest absolute Gasteiger partial charge is 0.232 e. The Hall–Kier alpha value is -0.750. The third kappa shape index (κ3) is 5.36.